The van der Waals surface area contributed by atoms with Crippen molar-refractivity contribution in [1.29, 1.82) is 0 Å². The molecule has 7 heteroatoms. The first-order valence-corrected chi connectivity index (χ1v) is 5.32. The van der Waals surface area contributed by atoms with Crippen molar-refractivity contribution in [3.8, 4) is 0 Å². The van der Waals surface area contributed by atoms with E-state index < -0.39 is 11.4 Å². The fourth-order valence-corrected chi connectivity index (χ4v) is 1.73. The highest BCUT2D eigenvalue weighted by molar-refractivity contribution is 6.00. The third-order valence-electron chi connectivity index (χ3n) is 3.00. The monoisotopic (exact) mass is 238 g/mol. The molecule has 0 saturated heterocycles. The molecule has 0 aliphatic carbocycles. The van der Waals surface area contributed by atoms with Crippen molar-refractivity contribution in [3.63, 3.8) is 0 Å². The Hall–Kier alpha value is -1.92. The van der Waals surface area contributed by atoms with Gasteiger partial charge in [-0.15, -0.1) is 10.2 Å². The zero-order valence-corrected chi connectivity index (χ0v) is 9.75. The van der Waals surface area contributed by atoms with Crippen LogP contribution in [0.1, 0.15) is 19.7 Å². The number of hydrogen-bond donors (Lipinski definition) is 1. The van der Waals surface area contributed by atoms with Crippen molar-refractivity contribution >= 4 is 11.9 Å². The molecule has 0 radical (unpaired) electrons. The van der Waals surface area contributed by atoms with Crippen molar-refractivity contribution in [2.45, 2.75) is 26.9 Å². The third kappa shape index (κ3) is 1.88. The highest BCUT2D eigenvalue weighted by Crippen LogP contribution is 2.22. The van der Waals surface area contributed by atoms with E-state index in [4.69, 9.17) is 5.11 Å². The lowest BCUT2D eigenvalue weighted by Crippen LogP contribution is -2.47. The van der Waals surface area contributed by atoms with E-state index in [-0.39, 0.29) is 5.91 Å². The predicted octanol–water partition coefficient (Wildman–Crippen LogP) is -0.269. The van der Waals surface area contributed by atoms with Crippen LogP contribution in [0.4, 0.5) is 0 Å². The molecule has 1 amide bonds. The van der Waals surface area contributed by atoms with E-state index in [9.17, 15) is 9.59 Å². The van der Waals surface area contributed by atoms with Crippen LogP contribution in [0, 0.1) is 5.41 Å². The standard InChI is InChI=1S/C10H14N4O3/c1-10(2,9(16)17)8(15)13-3-4-14-6-11-12-7(14)5-13/h6H,3-5H2,1-2H3,(H,16,17). The number of carbonyl (C=O) groups excluding carboxylic acids is 1. The molecule has 1 aliphatic heterocycles. The number of amides is 1. The minimum atomic E-state index is -1.40. The first-order valence-electron chi connectivity index (χ1n) is 5.32. The summed E-state index contributed by atoms with van der Waals surface area (Å²) in [7, 11) is 0. The molecule has 7 nitrogen and oxygen atoms in total. The maximum absolute atomic E-state index is 12.1. The Kier molecular flexibility index (Phi) is 2.60. The van der Waals surface area contributed by atoms with Crippen molar-refractivity contribution in [1.82, 2.24) is 19.7 Å². The van der Waals surface area contributed by atoms with Gasteiger partial charge >= 0.3 is 5.97 Å². The van der Waals surface area contributed by atoms with Crippen LogP contribution in [0.15, 0.2) is 6.33 Å². The Morgan fingerprint density at radius 3 is 2.76 bits per heavy atom. The first kappa shape index (κ1) is 11.6. The van der Waals surface area contributed by atoms with E-state index in [0.717, 1.165) is 0 Å². The van der Waals surface area contributed by atoms with Gasteiger partial charge in [-0.3, -0.25) is 9.59 Å². The number of aliphatic carboxylic acids is 1. The van der Waals surface area contributed by atoms with E-state index in [0.29, 0.717) is 25.5 Å². The van der Waals surface area contributed by atoms with Crippen LogP contribution >= 0.6 is 0 Å². The van der Waals surface area contributed by atoms with E-state index in [1.165, 1.54) is 18.7 Å². The Labute approximate surface area is 98.0 Å². The molecule has 1 aromatic rings. The van der Waals surface area contributed by atoms with Gasteiger partial charge in [0.2, 0.25) is 5.91 Å². The van der Waals surface area contributed by atoms with E-state index >= 15 is 0 Å². The molecular formula is C10H14N4O3. The van der Waals surface area contributed by atoms with Gasteiger partial charge in [-0.2, -0.15) is 0 Å². The van der Waals surface area contributed by atoms with Crippen LogP contribution in [-0.4, -0.2) is 43.2 Å². The molecule has 0 spiro atoms. The van der Waals surface area contributed by atoms with Gasteiger partial charge in [-0.05, 0) is 13.8 Å². The number of aromatic nitrogens is 3. The number of carboxylic acid groups (broad SMARTS) is 1. The van der Waals surface area contributed by atoms with Gasteiger partial charge in [0, 0.05) is 13.1 Å². The summed E-state index contributed by atoms with van der Waals surface area (Å²) in [6, 6.07) is 0. The topological polar surface area (TPSA) is 88.3 Å². The summed E-state index contributed by atoms with van der Waals surface area (Å²) >= 11 is 0. The van der Waals surface area contributed by atoms with Gasteiger partial charge in [0.25, 0.3) is 0 Å². The lowest BCUT2D eigenvalue weighted by Gasteiger charge is -2.32. The average Bonchev–Trinajstić information content (AvgIpc) is 2.74. The summed E-state index contributed by atoms with van der Waals surface area (Å²) in [6.07, 6.45) is 1.61. The van der Waals surface area contributed by atoms with Gasteiger partial charge in [0.15, 0.2) is 5.82 Å². The fraction of sp³-hybridized carbons (Fsp3) is 0.600. The molecule has 1 aliphatic rings. The molecule has 1 aromatic heterocycles. The van der Waals surface area contributed by atoms with Crippen molar-refractivity contribution in [2.75, 3.05) is 6.54 Å². The smallest absolute Gasteiger partial charge is 0.318 e. The van der Waals surface area contributed by atoms with E-state index in [2.05, 4.69) is 10.2 Å². The van der Waals surface area contributed by atoms with E-state index in [1.54, 1.807) is 6.33 Å². The molecule has 0 atom stereocenters. The van der Waals surface area contributed by atoms with Crippen LogP contribution in [0.3, 0.4) is 0 Å². The average molecular weight is 238 g/mol. The normalized spacial score (nSPS) is 15.5. The van der Waals surface area contributed by atoms with Crippen molar-refractivity contribution in [3.05, 3.63) is 12.2 Å². The highest BCUT2D eigenvalue weighted by Gasteiger charge is 2.40. The number of nitrogens with zero attached hydrogens (tertiary/aromatic N) is 4. The molecule has 1 N–H and O–H groups in total. The predicted molar refractivity (Wildman–Crippen MR) is 56.9 cm³/mol. The molecular weight excluding hydrogens is 224 g/mol. The number of fused-ring (bicyclic) bond motifs is 1. The lowest BCUT2D eigenvalue weighted by atomic mass is 9.91. The van der Waals surface area contributed by atoms with Crippen molar-refractivity contribution in [2.24, 2.45) is 5.41 Å². The summed E-state index contributed by atoms with van der Waals surface area (Å²) < 4.78 is 1.86. The second-order valence-corrected chi connectivity index (χ2v) is 4.60. The lowest BCUT2D eigenvalue weighted by molar-refractivity contribution is -0.159. The Morgan fingerprint density at radius 1 is 1.41 bits per heavy atom. The molecule has 0 saturated carbocycles. The molecule has 2 rings (SSSR count). The quantitative estimate of drug-likeness (QED) is 0.716. The second kappa shape index (κ2) is 3.83. The summed E-state index contributed by atoms with van der Waals surface area (Å²) in [6.45, 7) is 4.23. The molecule has 2 heterocycles. The minimum absolute atomic E-state index is 0.315. The van der Waals surface area contributed by atoms with Crippen molar-refractivity contribution < 1.29 is 14.7 Å². The van der Waals surface area contributed by atoms with Crippen LogP contribution in [0.25, 0.3) is 0 Å². The fourth-order valence-electron chi connectivity index (χ4n) is 1.73. The maximum Gasteiger partial charge on any atom is 0.318 e. The van der Waals surface area contributed by atoms with Crippen LogP contribution < -0.4 is 0 Å². The highest BCUT2D eigenvalue weighted by atomic mass is 16.4. The number of carbonyl (C=O) groups is 2. The van der Waals surface area contributed by atoms with E-state index in [1.807, 2.05) is 4.57 Å². The van der Waals surface area contributed by atoms with Gasteiger partial charge in [0.1, 0.15) is 11.7 Å². The third-order valence-corrected chi connectivity index (χ3v) is 3.00. The number of hydrogen-bond acceptors (Lipinski definition) is 4. The Balaban J connectivity index is 2.16. The van der Waals surface area contributed by atoms with Gasteiger partial charge < -0.3 is 14.6 Å². The molecule has 0 fully saturated rings. The zero-order valence-electron chi connectivity index (χ0n) is 9.75. The molecule has 0 bridgehead atoms. The number of carboxylic acids is 1. The summed E-state index contributed by atoms with van der Waals surface area (Å²) in [4.78, 5) is 24.6. The first-order chi connectivity index (χ1) is 7.93. The zero-order chi connectivity index (χ0) is 12.6. The van der Waals surface area contributed by atoms with Gasteiger partial charge in [0.05, 0.1) is 6.54 Å². The Bertz CT molecular complexity index is 466. The summed E-state index contributed by atoms with van der Waals surface area (Å²) in [5.74, 6) is -0.820. The molecule has 0 unspecified atom stereocenters. The van der Waals surface area contributed by atoms with Crippen LogP contribution in [0.5, 0.6) is 0 Å². The van der Waals surface area contributed by atoms with Crippen LogP contribution in [-0.2, 0) is 22.7 Å². The molecule has 0 aromatic carbocycles. The molecule has 92 valence electrons. The number of rotatable bonds is 2. The van der Waals surface area contributed by atoms with Gasteiger partial charge in [-0.1, -0.05) is 0 Å². The maximum atomic E-state index is 12.1. The van der Waals surface area contributed by atoms with Gasteiger partial charge in [-0.25, -0.2) is 0 Å². The second-order valence-electron chi connectivity index (χ2n) is 4.60. The SMILES string of the molecule is CC(C)(C(=O)O)C(=O)N1CCn2cnnc2C1. The Morgan fingerprint density at radius 2 is 2.12 bits per heavy atom. The molecule has 17 heavy (non-hydrogen) atoms. The largest absolute Gasteiger partial charge is 0.480 e. The summed E-state index contributed by atoms with van der Waals surface area (Å²) in [5, 5.41) is 16.7. The summed E-state index contributed by atoms with van der Waals surface area (Å²) in [5.41, 5.74) is -1.40. The minimum Gasteiger partial charge on any atom is -0.480 e. The van der Waals surface area contributed by atoms with Crippen LogP contribution in [0.2, 0.25) is 0 Å².